The van der Waals surface area contributed by atoms with Gasteiger partial charge < -0.3 is 15.2 Å². The molecule has 0 saturated carbocycles. The van der Waals surface area contributed by atoms with E-state index in [1.807, 2.05) is 13.8 Å². The van der Waals surface area contributed by atoms with Crippen molar-refractivity contribution in [2.75, 3.05) is 6.61 Å². The second-order valence-corrected chi connectivity index (χ2v) is 5.74. The maximum Gasteiger partial charge on any atom is 0.407 e. The van der Waals surface area contributed by atoms with Crippen molar-refractivity contribution in [2.45, 2.75) is 26.8 Å². The zero-order chi connectivity index (χ0) is 13.5. The maximum absolute atomic E-state index is 11.4. The molecule has 98 valence electrons. The molecule has 0 bridgehead atoms. The summed E-state index contributed by atoms with van der Waals surface area (Å²) < 4.78 is 4.98. The Bertz CT molecular complexity index is 499. The van der Waals surface area contributed by atoms with Gasteiger partial charge in [-0.2, -0.15) is 0 Å². The molecule has 1 heterocycles. The van der Waals surface area contributed by atoms with Crippen molar-refractivity contribution < 1.29 is 14.6 Å². The summed E-state index contributed by atoms with van der Waals surface area (Å²) in [5, 5.41) is 13.4. The molecule has 1 aliphatic rings. The van der Waals surface area contributed by atoms with Gasteiger partial charge in [0.05, 0.1) is 6.04 Å². The van der Waals surface area contributed by atoms with Crippen molar-refractivity contribution in [3.63, 3.8) is 0 Å². The molecule has 18 heavy (non-hydrogen) atoms. The lowest BCUT2D eigenvalue weighted by Crippen LogP contribution is -2.47. The molecule has 1 saturated heterocycles. The Morgan fingerprint density at radius 1 is 1.50 bits per heavy atom. The van der Waals surface area contributed by atoms with Crippen LogP contribution in [-0.2, 0) is 4.74 Å². The fraction of sp³-hybridized carbons (Fsp3) is 0.462. The Kier molecular flexibility index (Phi) is 3.15. The van der Waals surface area contributed by atoms with Gasteiger partial charge in [-0.25, -0.2) is 4.79 Å². The van der Waals surface area contributed by atoms with Gasteiger partial charge in [-0.15, -0.1) is 0 Å². The molecule has 1 atom stereocenters. The molecule has 4 nitrogen and oxygen atoms in total. The number of rotatable bonds is 1. The van der Waals surface area contributed by atoms with Gasteiger partial charge in [-0.05, 0) is 24.6 Å². The second kappa shape index (κ2) is 4.35. The van der Waals surface area contributed by atoms with E-state index in [1.165, 1.54) is 0 Å². The largest absolute Gasteiger partial charge is 0.507 e. The molecule has 0 aliphatic carbocycles. The molecule has 2 N–H and O–H groups in total. The maximum atomic E-state index is 11.4. The van der Waals surface area contributed by atoms with E-state index in [1.54, 1.807) is 19.1 Å². The van der Waals surface area contributed by atoms with Crippen LogP contribution in [0.4, 0.5) is 4.79 Å². The third-order valence-corrected chi connectivity index (χ3v) is 3.44. The van der Waals surface area contributed by atoms with E-state index in [2.05, 4.69) is 5.32 Å². The molecule has 1 fully saturated rings. The fourth-order valence-corrected chi connectivity index (χ4v) is 2.45. The Morgan fingerprint density at radius 2 is 2.17 bits per heavy atom. The number of halogens is 1. The molecule has 2 rings (SSSR count). The fourth-order valence-electron chi connectivity index (χ4n) is 2.17. The number of phenolic OH excluding ortho intramolecular Hbond substituents is 1. The van der Waals surface area contributed by atoms with Gasteiger partial charge in [0, 0.05) is 16.0 Å². The summed E-state index contributed by atoms with van der Waals surface area (Å²) in [6, 6.07) is 3.05. The van der Waals surface area contributed by atoms with E-state index >= 15 is 0 Å². The molecule has 1 aromatic carbocycles. The normalized spacial score (nSPS) is 22.2. The number of benzene rings is 1. The lowest BCUT2D eigenvalue weighted by Gasteiger charge is -2.38. The lowest BCUT2D eigenvalue weighted by molar-refractivity contribution is 0.0381. The number of ether oxygens (including phenoxy) is 1. The van der Waals surface area contributed by atoms with E-state index in [9.17, 15) is 9.90 Å². The van der Waals surface area contributed by atoms with Crippen LogP contribution >= 0.6 is 11.6 Å². The number of hydrogen-bond donors (Lipinski definition) is 2. The monoisotopic (exact) mass is 269 g/mol. The van der Waals surface area contributed by atoms with E-state index in [-0.39, 0.29) is 17.2 Å². The molecule has 1 aromatic rings. The summed E-state index contributed by atoms with van der Waals surface area (Å²) in [5.41, 5.74) is 0.999. The molecular weight excluding hydrogens is 254 g/mol. The quantitative estimate of drug-likeness (QED) is 0.823. The number of nitrogens with one attached hydrogen (secondary N) is 1. The first kappa shape index (κ1) is 13.0. The topological polar surface area (TPSA) is 58.6 Å². The summed E-state index contributed by atoms with van der Waals surface area (Å²) >= 11 is 6.02. The molecule has 0 spiro atoms. The second-order valence-electron chi connectivity index (χ2n) is 5.30. The number of amides is 1. The predicted molar refractivity (Wildman–Crippen MR) is 68.9 cm³/mol. The highest BCUT2D eigenvalue weighted by atomic mass is 35.5. The first-order chi connectivity index (χ1) is 8.31. The standard InChI is InChI=1S/C13H16ClNO3/c1-7-4-8(14)5-9(10(7)16)11-13(2,3)6-18-12(17)15-11/h4-5,11,16H,6H2,1-3H3,(H,15,17)/t11-/m0/s1. The van der Waals surface area contributed by atoms with Gasteiger partial charge in [0.2, 0.25) is 0 Å². The molecule has 0 unspecified atom stereocenters. The van der Waals surface area contributed by atoms with Crippen molar-refractivity contribution in [3.05, 3.63) is 28.3 Å². The van der Waals surface area contributed by atoms with Crippen LogP contribution in [0.3, 0.4) is 0 Å². The van der Waals surface area contributed by atoms with Crippen molar-refractivity contribution in [1.82, 2.24) is 5.32 Å². The summed E-state index contributed by atoms with van der Waals surface area (Å²) in [4.78, 5) is 11.4. The molecule has 0 radical (unpaired) electrons. The number of cyclic esters (lactones) is 1. The summed E-state index contributed by atoms with van der Waals surface area (Å²) in [7, 11) is 0. The number of carbonyl (C=O) groups is 1. The predicted octanol–water partition coefficient (Wildman–Crippen LogP) is 3.16. The summed E-state index contributed by atoms with van der Waals surface area (Å²) in [6.07, 6.45) is -0.476. The minimum Gasteiger partial charge on any atom is -0.507 e. The van der Waals surface area contributed by atoms with E-state index < -0.39 is 6.09 Å². The first-order valence-electron chi connectivity index (χ1n) is 5.73. The number of alkyl carbamates (subject to hydrolysis) is 1. The Balaban J connectivity index is 2.49. The van der Waals surface area contributed by atoms with Crippen LogP contribution in [-0.4, -0.2) is 17.8 Å². The van der Waals surface area contributed by atoms with Crippen LogP contribution < -0.4 is 5.32 Å². The van der Waals surface area contributed by atoms with Crippen molar-refractivity contribution >= 4 is 17.7 Å². The minimum atomic E-state index is -0.476. The molecule has 1 aliphatic heterocycles. The third kappa shape index (κ3) is 2.25. The van der Waals surface area contributed by atoms with Gasteiger partial charge in [0.25, 0.3) is 0 Å². The van der Waals surface area contributed by atoms with Crippen LogP contribution in [0.25, 0.3) is 0 Å². The Hall–Kier alpha value is -1.42. The van der Waals surface area contributed by atoms with Gasteiger partial charge >= 0.3 is 6.09 Å². The average Bonchev–Trinajstić information content (AvgIpc) is 2.27. The van der Waals surface area contributed by atoms with Crippen LogP contribution in [0.1, 0.15) is 31.0 Å². The van der Waals surface area contributed by atoms with Crippen molar-refractivity contribution in [1.29, 1.82) is 0 Å². The summed E-state index contributed by atoms with van der Waals surface area (Å²) in [5.74, 6) is 0.166. The number of carbonyl (C=O) groups excluding carboxylic acids is 1. The molecular formula is C13H16ClNO3. The smallest absolute Gasteiger partial charge is 0.407 e. The van der Waals surface area contributed by atoms with Crippen LogP contribution in [0, 0.1) is 12.3 Å². The highest BCUT2D eigenvalue weighted by Crippen LogP contribution is 2.41. The van der Waals surface area contributed by atoms with Crippen LogP contribution in [0.5, 0.6) is 5.75 Å². The van der Waals surface area contributed by atoms with E-state index in [0.29, 0.717) is 22.8 Å². The molecule has 1 amide bonds. The molecule has 0 aromatic heterocycles. The van der Waals surface area contributed by atoms with E-state index in [4.69, 9.17) is 16.3 Å². The lowest BCUT2D eigenvalue weighted by atomic mass is 9.79. The van der Waals surface area contributed by atoms with Crippen LogP contribution in [0.15, 0.2) is 12.1 Å². The number of phenols is 1. The number of aromatic hydroxyl groups is 1. The van der Waals surface area contributed by atoms with Gasteiger partial charge in [0.1, 0.15) is 12.4 Å². The zero-order valence-corrected chi connectivity index (χ0v) is 11.3. The SMILES string of the molecule is Cc1cc(Cl)cc([C@@H]2NC(=O)OCC2(C)C)c1O. The van der Waals surface area contributed by atoms with Crippen molar-refractivity contribution in [2.24, 2.45) is 5.41 Å². The van der Waals surface area contributed by atoms with Crippen molar-refractivity contribution in [3.8, 4) is 5.75 Å². The molecule has 5 heteroatoms. The highest BCUT2D eigenvalue weighted by Gasteiger charge is 2.39. The Labute approximate surface area is 111 Å². The highest BCUT2D eigenvalue weighted by molar-refractivity contribution is 6.30. The van der Waals surface area contributed by atoms with Gasteiger partial charge in [-0.3, -0.25) is 0 Å². The first-order valence-corrected chi connectivity index (χ1v) is 6.11. The Morgan fingerprint density at radius 3 is 2.83 bits per heavy atom. The van der Waals surface area contributed by atoms with Gasteiger partial charge in [-0.1, -0.05) is 25.4 Å². The average molecular weight is 270 g/mol. The van der Waals surface area contributed by atoms with E-state index in [0.717, 1.165) is 0 Å². The number of hydrogen-bond acceptors (Lipinski definition) is 3. The van der Waals surface area contributed by atoms with Gasteiger partial charge in [0.15, 0.2) is 0 Å². The third-order valence-electron chi connectivity index (χ3n) is 3.22. The summed E-state index contributed by atoms with van der Waals surface area (Å²) in [6.45, 7) is 6.01. The van der Waals surface area contributed by atoms with Crippen LogP contribution in [0.2, 0.25) is 5.02 Å². The number of aryl methyl sites for hydroxylation is 1. The zero-order valence-electron chi connectivity index (χ0n) is 10.6. The minimum absolute atomic E-state index is 0.166.